The minimum absolute atomic E-state index is 0.187. The van der Waals surface area contributed by atoms with Gasteiger partial charge in [-0.05, 0) is 12.8 Å². The minimum atomic E-state index is -2.88. The van der Waals surface area contributed by atoms with Gasteiger partial charge in [0, 0.05) is 25.4 Å². The third-order valence-electron chi connectivity index (χ3n) is 2.22. The van der Waals surface area contributed by atoms with Crippen LogP contribution >= 0.6 is 0 Å². The second-order valence-electron chi connectivity index (χ2n) is 4.13. The SMILES string of the molecule is CCCNc1cc(NCCCS(C)(=O)=O)ncn1. The fraction of sp³-hybridized carbons (Fsp3) is 0.636. The molecule has 0 aromatic carbocycles. The highest BCUT2D eigenvalue weighted by Crippen LogP contribution is 2.08. The molecule has 1 aromatic rings. The molecule has 0 bridgehead atoms. The molecular formula is C11H20N4O2S. The smallest absolute Gasteiger partial charge is 0.147 e. The molecule has 0 fully saturated rings. The van der Waals surface area contributed by atoms with Gasteiger partial charge in [0.05, 0.1) is 5.75 Å². The van der Waals surface area contributed by atoms with Crippen LogP contribution in [0, 0.1) is 0 Å². The molecular weight excluding hydrogens is 252 g/mol. The molecule has 0 aliphatic rings. The fourth-order valence-corrected chi connectivity index (χ4v) is 2.02. The van der Waals surface area contributed by atoms with Crippen LogP contribution in [0.3, 0.4) is 0 Å². The lowest BCUT2D eigenvalue weighted by molar-refractivity contribution is 0.600. The quantitative estimate of drug-likeness (QED) is 0.691. The summed E-state index contributed by atoms with van der Waals surface area (Å²) in [6, 6.07) is 1.82. The topological polar surface area (TPSA) is 84.0 Å². The maximum absolute atomic E-state index is 11.0. The van der Waals surface area contributed by atoms with E-state index in [1.165, 1.54) is 12.6 Å². The molecule has 7 heteroatoms. The van der Waals surface area contributed by atoms with Gasteiger partial charge in [-0.15, -0.1) is 0 Å². The van der Waals surface area contributed by atoms with Crippen LogP contribution in [0.4, 0.5) is 11.6 Å². The summed E-state index contributed by atoms with van der Waals surface area (Å²) in [6.45, 7) is 3.53. The molecule has 18 heavy (non-hydrogen) atoms. The Kier molecular flexibility index (Phi) is 5.84. The number of anilines is 2. The first-order valence-corrected chi connectivity index (χ1v) is 8.05. The van der Waals surface area contributed by atoms with Crippen molar-refractivity contribution in [3.63, 3.8) is 0 Å². The van der Waals surface area contributed by atoms with Crippen LogP contribution in [-0.4, -0.2) is 43.5 Å². The van der Waals surface area contributed by atoms with Crippen LogP contribution in [0.25, 0.3) is 0 Å². The van der Waals surface area contributed by atoms with E-state index in [2.05, 4.69) is 27.5 Å². The number of nitrogens with zero attached hydrogens (tertiary/aromatic N) is 2. The predicted octanol–water partition coefficient (Wildman–Crippen LogP) is 1.15. The Labute approximate surface area is 108 Å². The second kappa shape index (κ2) is 7.15. The van der Waals surface area contributed by atoms with E-state index in [9.17, 15) is 8.42 Å². The van der Waals surface area contributed by atoms with Gasteiger partial charge in [0.25, 0.3) is 0 Å². The van der Waals surface area contributed by atoms with E-state index in [0.29, 0.717) is 18.8 Å². The summed E-state index contributed by atoms with van der Waals surface area (Å²) in [4.78, 5) is 8.16. The highest BCUT2D eigenvalue weighted by atomic mass is 32.2. The van der Waals surface area contributed by atoms with Crippen molar-refractivity contribution in [2.45, 2.75) is 19.8 Å². The van der Waals surface area contributed by atoms with Crippen molar-refractivity contribution in [1.82, 2.24) is 9.97 Å². The minimum Gasteiger partial charge on any atom is -0.370 e. The third kappa shape index (κ3) is 6.39. The van der Waals surface area contributed by atoms with E-state index in [1.807, 2.05) is 6.07 Å². The summed E-state index contributed by atoms with van der Waals surface area (Å²) in [6.07, 6.45) is 4.32. The lowest BCUT2D eigenvalue weighted by Gasteiger charge is -2.07. The lowest BCUT2D eigenvalue weighted by atomic mass is 10.4. The molecule has 1 rings (SSSR count). The molecule has 0 saturated heterocycles. The molecule has 1 heterocycles. The Morgan fingerprint density at radius 1 is 1.17 bits per heavy atom. The van der Waals surface area contributed by atoms with Gasteiger partial charge in [-0.2, -0.15) is 0 Å². The lowest BCUT2D eigenvalue weighted by Crippen LogP contribution is -2.11. The molecule has 6 nitrogen and oxygen atoms in total. The highest BCUT2D eigenvalue weighted by Gasteiger charge is 2.02. The number of hydrogen-bond donors (Lipinski definition) is 2. The van der Waals surface area contributed by atoms with Crippen molar-refractivity contribution in [2.75, 3.05) is 35.7 Å². The normalized spacial score (nSPS) is 11.2. The Morgan fingerprint density at radius 3 is 2.33 bits per heavy atom. The molecule has 0 saturated carbocycles. The number of rotatable bonds is 8. The highest BCUT2D eigenvalue weighted by molar-refractivity contribution is 7.90. The van der Waals surface area contributed by atoms with Crippen LogP contribution in [0.2, 0.25) is 0 Å². The zero-order chi connectivity index (χ0) is 13.4. The number of aromatic nitrogens is 2. The monoisotopic (exact) mass is 272 g/mol. The first kappa shape index (κ1) is 14.7. The van der Waals surface area contributed by atoms with Crippen molar-refractivity contribution >= 4 is 21.5 Å². The van der Waals surface area contributed by atoms with Crippen molar-refractivity contribution in [3.05, 3.63) is 12.4 Å². The predicted molar refractivity (Wildman–Crippen MR) is 73.6 cm³/mol. The van der Waals surface area contributed by atoms with Gasteiger partial charge in [-0.3, -0.25) is 0 Å². The molecule has 0 unspecified atom stereocenters. The Balaban J connectivity index is 2.38. The number of nitrogens with one attached hydrogen (secondary N) is 2. The summed E-state index contributed by atoms with van der Waals surface area (Å²) in [5.74, 6) is 1.67. The van der Waals surface area contributed by atoms with Gasteiger partial charge in [0.2, 0.25) is 0 Å². The van der Waals surface area contributed by atoms with E-state index >= 15 is 0 Å². The molecule has 0 aliphatic carbocycles. The van der Waals surface area contributed by atoms with Gasteiger partial charge in [0.15, 0.2) is 0 Å². The fourth-order valence-electron chi connectivity index (χ4n) is 1.35. The van der Waals surface area contributed by atoms with E-state index in [4.69, 9.17) is 0 Å². The standard InChI is InChI=1S/C11H20N4O2S/c1-3-5-12-10-8-11(15-9-14-10)13-6-4-7-18(2,16)17/h8-9H,3-7H2,1-2H3,(H2,12,13,14,15). The number of hydrogen-bond acceptors (Lipinski definition) is 6. The van der Waals surface area contributed by atoms with Gasteiger partial charge in [0.1, 0.15) is 27.8 Å². The van der Waals surface area contributed by atoms with Crippen LogP contribution in [0.1, 0.15) is 19.8 Å². The summed E-state index contributed by atoms with van der Waals surface area (Å²) < 4.78 is 21.9. The Hall–Kier alpha value is -1.37. The summed E-state index contributed by atoms with van der Waals surface area (Å²) >= 11 is 0. The average Bonchev–Trinajstić information content (AvgIpc) is 2.31. The van der Waals surface area contributed by atoms with Crippen LogP contribution in [-0.2, 0) is 9.84 Å². The molecule has 102 valence electrons. The van der Waals surface area contributed by atoms with Gasteiger partial charge in [-0.25, -0.2) is 18.4 Å². The van der Waals surface area contributed by atoms with Crippen molar-refractivity contribution in [2.24, 2.45) is 0 Å². The maximum atomic E-state index is 11.0. The van der Waals surface area contributed by atoms with E-state index in [0.717, 1.165) is 18.8 Å². The molecule has 0 aliphatic heterocycles. The van der Waals surface area contributed by atoms with Crippen LogP contribution in [0.5, 0.6) is 0 Å². The Bertz CT molecular complexity index is 462. The van der Waals surface area contributed by atoms with E-state index in [1.54, 1.807) is 0 Å². The van der Waals surface area contributed by atoms with Crippen molar-refractivity contribution in [1.29, 1.82) is 0 Å². The Morgan fingerprint density at radius 2 is 1.78 bits per heavy atom. The van der Waals surface area contributed by atoms with Gasteiger partial charge < -0.3 is 10.6 Å². The zero-order valence-corrected chi connectivity index (χ0v) is 11.6. The second-order valence-corrected chi connectivity index (χ2v) is 6.39. The van der Waals surface area contributed by atoms with Crippen molar-refractivity contribution in [3.8, 4) is 0 Å². The summed E-state index contributed by atoms with van der Waals surface area (Å²) in [7, 11) is -2.88. The third-order valence-corrected chi connectivity index (χ3v) is 3.25. The molecule has 0 spiro atoms. The van der Waals surface area contributed by atoms with Gasteiger partial charge in [-0.1, -0.05) is 6.92 Å². The zero-order valence-electron chi connectivity index (χ0n) is 10.8. The van der Waals surface area contributed by atoms with E-state index < -0.39 is 9.84 Å². The molecule has 2 N–H and O–H groups in total. The van der Waals surface area contributed by atoms with Gasteiger partial charge >= 0.3 is 0 Å². The first-order chi connectivity index (χ1) is 8.51. The average molecular weight is 272 g/mol. The number of sulfone groups is 1. The first-order valence-electron chi connectivity index (χ1n) is 5.99. The molecule has 0 atom stereocenters. The molecule has 0 amide bonds. The van der Waals surface area contributed by atoms with E-state index in [-0.39, 0.29) is 5.75 Å². The van der Waals surface area contributed by atoms with Crippen LogP contribution in [0.15, 0.2) is 12.4 Å². The van der Waals surface area contributed by atoms with Crippen LogP contribution < -0.4 is 10.6 Å². The summed E-state index contributed by atoms with van der Waals surface area (Å²) in [5.41, 5.74) is 0. The largest absolute Gasteiger partial charge is 0.370 e. The molecule has 0 radical (unpaired) electrons. The van der Waals surface area contributed by atoms with Crippen molar-refractivity contribution < 1.29 is 8.42 Å². The maximum Gasteiger partial charge on any atom is 0.147 e. The molecule has 1 aromatic heterocycles. The summed E-state index contributed by atoms with van der Waals surface area (Å²) in [5, 5.41) is 6.24.